The molecule has 0 saturated carbocycles. The first-order valence-corrected chi connectivity index (χ1v) is 7.59. The maximum atomic E-state index is 11.3. The fourth-order valence-electron chi connectivity index (χ4n) is 1.77. The van der Waals surface area contributed by atoms with Gasteiger partial charge < -0.3 is 5.11 Å². The minimum atomic E-state index is -0.928. The van der Waals surface area contributed by atoms with E-state index in [0.717, 1.165) is 22.0 Å². The summed E-state index contributed by atoms with van der Waals surface area (Å²) in [7, 11) is 0. The number of thiazole rings is 1. The molecule has 0 unspecified atom stereocenters. The molecule has 19 heavy (non-hydrogen) atoms. The summed E-state index contributed by atoms with van der Waals surface area (Å²) >= 11 is 3.01. The second-order valence-electron chi connectivity index (χ2n) is 4.24. The third kappa shape index (κ3) is 3.33. The predicted octanol–water partition coefficient (Wildman–Crippen LogP) is 3.45. The molecule has 6 heteroatoms. The van der Waals surface area contributed by atoms with Gasteiger partial charge in [0.2, 0.25) is 0 Å². The zero-order chi connectivity index (χ0) is 14.0. The molecule has 0 spiro atoms. The Morgan fingerprint density at radius 2 is 2.05 bits per heavy atom. The van der Waals surface area contributed by atoms with E-state index < -0.39 is 5.97 Å². The molecule has 0 aliphatic rings. The van der Waals surface area contributed by atoms with Crippen molar-refractivity contribution >= 4 is 29.1 Å². The molecule has 0 amide bonds. The maximum Gasteiger partial charge on any atom is 0.338 e. The zero-order valence-corrected chi connectivity index (χ0v) is 12.6. The van der Waals surface area contributed by atoms with Crippen LogP contribution in [0, 0.1) is 20.8 Å². The summed E-state index contributed by atoms with van der Waals surface area (Å²) in [4.78, 5) is 20.0. The van der Waals surface area contributed by atoms with Crippen LogP contribution in [0.25, 0.3) is 0 Å². The summed E-state index contributed by atoms with van der Waals surface area (Å²) in [6.07, 6.45) is 0. The van der Waals surface area contributed by atoms with Gasteiger partial charge in [-0.05, 0) is 32.4 Å². The van der Waals surface area contributed by atoms with Crippen molar-refractivity contribution in [3.63, 3.8) is 0 Å². The van der Waals surface area contributed by atoms with E-state index in [9.17, 15) is 9.90 Å². The SMILES string of the molecule is Cc1csc(CSc2nc(C)cc(C)c2C(=O)O)n1. The number of thioether (sulfide) groups is 1. The molecule has 0 aliphatic heterocycles. The molecule has 2 aromatic heterocycles. The Hall–Kier alpha value is -1.40. The second-order valence-corrected chi connectivity index (χ2v) is 6.14. The van der Waals surface area contributed by atoms with E-state index in [1.807, 2.05) is 19.2 Å². The van der Waals surface area contributed by atoms with Crippen molar-refractivity contribution in [1.82, 2.24) is 9.97 Å². The lowest BCUT2D eigenvalue weighted by atomic mass is 10.1. The summed E-state index contributed by atoms with van der Waals surface area (Å²) in [6, 6.07) is 1.79. The highest BCUT2D eigenvalue weighted by molar-refractivity contribution is 7.98. The number of aromatic nitrogens is 2. The number of carbonyl (C=O) groups is 1. The van der Waals surface area contributed by atoms with Gasteiger partial charge in [0.25, 0.3) is 0 Å². The van der Waals surface area contributed by atoms with E-state index in [-0.39, 0.29) is 0 Å². The predicted molar refractivity (Wildman–Crippen MR) is 77.1 cm³/mol. The third-order valence-corrected chi connectivity index (χ3v) is 4.66. The molecule has 2 rings (SSSR count). The van der Waals surface area contributed by atoms with E-state index >= 15 is 0 Å². The van der Waals surface area contributed by atoms with Crippen molar-refractivity contribution in [2.45, 2.75) is 31.6 Å². The summed E-state index contributed by atoms with van der Waals surface area (Å²) in [5.41, 5.74) is 2.87. The van der Waals surface area contributed by atoms with Crippen LogP contribution in [0.4, 0.5) is 0 Å². The first kappa shape index (κ1) is 14.0. The summed E-state index contributed by atoms with van der Waals surface area (Å²) in [5.74, 6) is -0.280. The van der Waals surface area contributed by atoms with Crippen LogP contribution in [0.1, 0.15) is 32.3 Å². The Bertz CT molecular complexity index is 623. The van der Waals surface area contributed by atoms with Crippen LogP contribution in [-0.4, -0.2) is 21.0 Å². The highest BCUT2D eigenvalue weighted by Crippen LogP contribution is 2.28. The smallest absolute Gasteiger partial charge is 0.338 e. The van der Waals surface area contributed by atoms with Crippen molar-refractivity contribution in [3.8, 4) is 0 Å². The molecular formula is C13H14N2O2S2. The van der Waals surface area contributed by atoms with Gasteiger partial charge in [0, 0.05) is 16.8 Å². The summed E-state index contributed by atoms with van der Waals surface area (Å²) in [5, 5.41) is 12.8. The molecule has 2 heterocycles. The van der Waals surface area contributed by atoms with Crippen LogP contribution in [-0.2, 0) is 5.75 Å². The molecular weight excluding hydrogens is 280 g/mol. The van der Waals surface area contributed by atoms with Gasteiger partial charge in [-0.25, -0.2) is 14.8 Å². The largest absolute Gasteiger partial charge is 0.478 e. The van der Waals surface area contributed by atoms with Crippen molar-refractivity contribution < 1.29 is 9.90 Å². The molecule has 2 aromatic rings. The molecule has 0 fully saturated rings. The van der Waals surface area contributed by atoms with Crippen LogP contribution in [0.2, 0.25) is 0 Å². The summed E-state index contributed by atoms with van der Waals surface area (Å²) < 4.78 is 0. The van der Waals surface area contributed by atoms with Gasteiger partial charge >= 0.3 is 5.97 Å². The normalized spacial score (nSPS) is 10.7. The number of nitrogens with zero attached hydrogens (tertiary/aromatic N) is 2. The van der Waals surface area contributed by atoms with Crippen molar-refractivity contribution in [1.29, 1.82) is 0 Å². The molecule has 4 nitrogen and oxygen atoms in total. The number of carboxylic acids is 1. The van der Waals surface area contributed by atoms with Crippen LogP contribution in [0.3, 0.4) is 0 Å². The average Bonchev–Trinajstić information content (AvgIpc) is 2.71. The lowest BCUT2D eigenvalue weighted by molar-refractivity contribution is 0.0691. The van der Waals surface area contributed by atoms with Gasteiger partial charge in [-0.2, -0.15) is 0 Å². The number of rotatable bonds is 4. The number of aromatic carboxylic acids is 1. The molecule has 0 radical (unpaired) electrons. The van der Waals surface area contributed by atoms with Crippen LogP contribution >= 0.6 is 23.1 Å². The average molecular weight is 294 g/mol. The van der Waals surface area contributed by atoms with Gasteiger partial charge in [-0.15, -0.1) is 11.3 Å². The Labute approximate surface area is 119 Å². The number of carboxylic acid groups (broad SMARTS) is 1. The quantitative estimate of drug-likeness (QED) is 0.875. The van der Waals surface area contributed by atoms with E-state index in [2.05, 4.69) is 9.97 Å². The van der Waals surface area contributed by atoms with E-state index in [0.29, 0.717) is 16.3 Å². The minimum absolute atomic E-state index is 0.295. The topological polar surface area (TPSA) is 63.1 Å². The summed E-state index contributed by atoms with van der Waals surface area (Å²) in [6.45, 7) is 5.62. The van der Waals surface area contributed by atoms with Gasteiger partial charge in [0.15, 0.2) is 0 Å². The Morgan fingerprint density at radius 1 is 1.32 bits per heavy atom. The first-order valence-electron chi connectivity index (χ1n) is 5.72. The van der Waals surface area contributed by atoms with Gasteiger partial charge in [-0.1, -0.05) is 11.8 Å². The fourth-order valence-corrected chi connectivity index (χ4v) is 3.70. The zero-order valence-electron chi connectivity index (χ0n) is 10.9. The van der Waals surface area contributed by atoms with E-state index in [1.165, 1.54) is 11.8 Å². The van der Waals surface area contributed by atoms with E-state index in [4.69, 9.17) is 0 Å². The first-order chi connectivity index (χ1) is 8.97. The minimum Gasteiger partial charge on any atom is -0.478 e. The monoisotopic (exact) mass is 294 g/mol. The molecule has 0 atom stereocenters. The van der Waals surface area contributed by atoms with Crippen molar-refractivity contribution in [2.75, 3.05) is 0 Å². The van der Waals surface area contributed by atoms with Crippen molar-refractivity contribution in [3.05, 3.63) is 39.0 Å². The molecule has 0 aromatic carbocycles. The molecule has 0 bridgehead atoms. The fraction of sp³-hybridized carbons (Fsp3) is 0.308. The van der Waals surface area contributed by atoms with Gasteiger partial charge in [-0.3, -0.25) is 0 Å². The number of hydrogen-bond donors (Lipinski definition) is 1. The van der Waals surface area contributed by atoms with E-state index in [1.54, 1.807) is 24.3 Å². The third-order valence-electron chi connectivity index (χ3n) is 2.52. The van der Waals surface area contributed by atoms with Crippen molar-refractivity contribution in [2.24, 2.45) is 0 Å². The number of aryl methyl sites for hydroxylation is 3. The molecule has 0 aliphatic carbocycles. The highest BCUT2D eigenvalue weighted by atomic mass is 32.2. The lowest BCUT2D eigenvalue weighted by Gasteiger charge is -2.08. The lowest BCUT2D eigenvalue weighted by Crippen LogP contribution is -2.05. The number of hydrogen-bond acceptors (Lipinski definition) is 5. The highest BCUT2D eigenvalue weighted by Gasteiger charge is 2.16. The number of pyridine rings is 1. The second kappa shape index (κ2) is 5.71. The molecule has 0 saturated heterocycles. The molecule has 100 valence electrons. The molecule has 1 N–H and O–H groups in total. The van der Waals surface area contributed by atoms with Gasteiger partial charge in [0.05, 0.1) is 11.3 Å². The standard InChI is InChI=1S/C13H14N2O2S2/c1-7-4-8(2)15-12(11(7)13(16)17)19-6-10-14-9(3)5-18-10/h4-5H,6H2,1-3H3,(H,16,17). The maximum absolute atomic E-state index is 11.3. The van der Waals surface area contributed by atoms with Crippen LogP contribution in [0.5, 0.6) is 0 Å². The van der Waals surface area contributed by atoms with Crippen LogP contribution < -0.4 is 0 Å². The Morgan fingerprint density at radius 3 is 2.63 bits per heavy atom. The van der Waals surface area contributed by atoms with Gasteiger partial charge in [0.1, 0.15) is 10.0 Å². The van der Waals surface area contributed by atoms with Crippen LogP contribution in [0.15, 0.2) is 16.5 Å². The Kier molecular flexibility index (Phi) is 4.21. The Balaban J connectivity index is 2.26.